The zero-order valence-electron chi connectivity index (χ0n) is 11.3. The Morgan fingerprint density at radius 3 is 2.74 bits per heavy atom. The van der Waals surface area contributed by atoms with E-state index < -0.39 is 5.41 Å². The molecule has 6 heteroatoms. The molecule has 2 aromatic heterocycles. The molecule has 1 amide bonds. The number of hydrogen-bond acceptors (Lipinski definition) is 4. The third-order valence-electron chi connectivity index (χ3n) is 3.76. The van der Waals surface area contributed by atoms with Gasteiger partial charge in [0.15, 0.2) is 5.65 Å². The fraction of sp³-hybridized carbons (Fsp3) is 0.462. The van der Waals surface area contributed by atoms with E-state index in [0.717, 1.165) is 0 Å². The summed E-state index contributed by atoms with van der Waals surface area (Å²) in [5.41, 5.74) is 5.95. The van der Waals surface area contributed by atoms with E-state index in [1.165, 1.54) is 0 Å². The van der Waals surface area contributed by atoms with E-state index in [-0.39, 0.29) is 5.91 Å². The Morgan fingerprint density at radius 2 is 2.11 bits per heavy atom. The highest BCUT2D eigenvalue weighted by atomic mass is 16.2. The van der Waals surface area contributed by atoms with E-state index in [1.54, 1.807) is 29.0 Å². The minimum atomic E-state index is -0.525. The van der Waals surface area contributed by atoms with Crippen LogP contribution in [0.4, 0.5) is 5.82 Å². The topological polar surface area (TPSA) is 85.3 Å². The molecule has 102 valence electrons. The number of rotatable bonds is 5. The average Bonchev–Trinajstić information content (AvgIpc) is 2.91. The highest BCUT2D eigenvalue weighted by Crippen LogP contribution is 2.26. The van der Waals surface area contributed by atoms with E-state index in [4.69, 9.17) is 5.73 Å². The fourth-order valence-corrected chi connectivity index (χ4v) is 2.13. The Hall–Kier alpha value is -1.95. The first-order chi connectivity index (χ1) is 9.16. The maximum Gasteiger partial charge on any atom is 0.233 e. The maximum atomic E-state index is 12.4. The van der Waals surface area contributed by atoms with E-state index >= 15 is 0 Å². The summed E-state index contributed by atoms with van der Waals surface area (Å²) in [6, 6.07) is 3.51. The average molecular weight is 261 g/mol. The molecule has 2 heterocycles. The van der Waals surface area contributed by atoms with Crippen LogP contribution in [0, 0.1) is 5.41 Å². The second-order valence-electron chi connectivity index (χ2n) is 4.58. The molecule has 6 nitrogen and oxygen atoms in total. The van der Waals surface area contributed by atoms with Crippen LogP contribution in [0.25, 0.3) is 5.65 Å². The van der Waals surface area contributed by atoms with Crippen molar-refractivity contribution in [1.29, 1.82) is 0 Å². The van der Waals surface area contributed by atoms with Gasteiger partial charge in [0.1, 0.15) is 5.82 Å². The zero-order chi connectivity index (χ0) is 13.9. The van der Waals surface area contributed by atoms with Crippen LogP contribution in [0.15, 0.2) is 24.5 Å². The lowest BCUT2D eigenvalue weighted by molar-refractivity contribution is -0.125. The molecule has 2 aromatic rings. The van der Waals surface area contributed by atoms with Crippen LogP contribution >= 0.6 is 0 Å². The maximum absolute atomic E-state index is 12.4. The van der Waals surface area contributed by atoms with Crippen molar-refractivity contribution in [2.24, 2.45) is 11.1 Å². The van der Waals surface area contributed by atoms with Gasteiger partial charge in [-0.05, 0) is 18.9 Å². The third kappa shape index (κ3) is 2.31. The number of nitrogens with zero attached hydrogens (tertiary/aromatic N) is 3. The van der Waals surface area contributed by atoms with E-state index in [2.05, 4.69) is 15.4 Å². The van der Waals surface area contributed by atoms with Gasteiger partial charge in [-0.2, -0.15) is 9.61 Å². The lowest BCUT2D eigenvalue weighted by atomic mass is 9.81. The van der Waals surface area contributed by atoms with Crippen molar-refractivity contribution < 1.29 is 4.79 Å². The normalized spacial score (nSPS) is 11.7. The molecule has 0 atom stereocenters. The number of nitrogens with one attached hydrogen (secondary N) is 1. The molecule has 0 aromatic carbocycles. The lowest BCUT2D eigenvalue weighted by Gasteiger charge is -2.28. The summed E-state index contributed by atoms with van der Waals surface area (Å²) in [4.78, 5) is 16.6. The third-order valence-corrected chi connectivity index (χ3v) is 3.76. The van der Waals surface area contributed by atoms with E-state index in [0.29, 0.717) is 30.9 Å². The van der Waals surface area contributed by atoms with Gasteiger partial charge in [-0.25, -0.2) is 4.98 Å². The van der Waals surface area contributed by atoms with Crippen molar-refractivity contribution in [2.45, 2.75) is 26.7 Å². The fourth-order valence-electron chi connectivity index (χ4n) is 2.13. The Labute approximate surface area is 112 Å². The molecule has 2 rings (SSSR count). The molecule has 0 spiro atoms. The van der Waals surface area contributed by atoms with E-state index in [1.807, 2.05) is 13.8 Å². The van der Waals surface area contributed by atoms with Gasteiger partial charge in [0.2, 0.25) is 5.91 Å². The van der Waals surface area contributed by atoms with Gasteiger partial charge in [0.25, 0.3) is 0 Å². The van der Waals surface area contributed by atoms with Crippen LogP contribution in [0.3, 0.4) is 0 Å². The summed E-state index contributed by atoms with van der Waals surface area (Å²) in [5.74, 6) is 0.544. The first-order valence-electron chi connectivity index (χ1n) is 6.47. The second-order valence-corrected chi connectivity index (χ2v) is 4.58. The van der Waals surface area contributed by atoms with Crippen molar-refractivity contribution >= 4 is 17.4 Å². The largest absolute Gasteiger partial charge is 0.329 e. The smallest absolute Gasteiger partial charge is 0.233 e. The molecule has 0 fully saturated rings. The van der Waals surface area contributed by atoms with Crippen molar-refractivity contribution in [3.05, 3.63) is 24.5 Å². The van der Waals surface area contributed by atoms with Gasteiger partial charge in [0.05, 0.1) is 11.6 Å². The summed E-state index contributed by atoms with van der Waals surface area (Å²) in [7, 11) is 0. The summed E-state index contributed by atoms with van der Waals surface area (Å²) in [6.07, 6.45) is 4.71. The van der Waals surface area contributed by atoms with Crippen LogP contribution in [-0.4, -0.2) is 27.0 Å². The van der Waals surface area contributed by atoms with Gasteiger partial charge >= 0.3 is 0 Å². The van der Waals surface area contributed by atoms with Crippen molar-refractivity contribution in [1.82, 2.24) is 14.6 Å². The highest BCUT2D eigenvalue weighted by molar-refractivity contribution is 5.95. The molecule has 0 aliphatic carbocycles. The van der Waals surface area contributed by atoms with Gasteiger partial charge in [-0.1, -0.05) is 13.8 Å². The zero-order valence-corrected chi connectivity index (χ0v) is 11.3. The lowest BCUT2D eigenvalue weighted by Crippen LogP contribution is -2.41. The summed E-state index contributed by atoms with van der Waals surface area (Å²) < 4.78 is 1.60. The first kappa shape index (κ1) is 13.5. The number of fused-ring (bicyclic) bond motifs is 1. The quantitative estimate of drug-likeness (QED) is 0.852. The molecule has 0 bridgehead atoms. The van der Waals surface area contributed by atoms with Gasteiger partial charge < -0.3 is 11.1 Å². The Balaban J connectivity index is 2.30. The molecule has 3 N–H and O–H groups in total. The standard InChI is InChI=1S/C13H19N5O/c1-3-13(4-2,9-14)12(19)17-11-5-7-15-10-6-8-16-18(10)11/h5-8H,3-4,9,14H2,1-2H3,(H,17,19). The number of anilines is 1. The molecule has 0 saturated heterocycles. The van der Waals surface area contributed by atoms with Crippen LogP contribution < -0.4 is 11.1 Å². The van der Waals surface area contributed by atoms with Crippen molar-refractivity contribution in [3.8, 4) is 0 Å². The minimum Gasteiger partial charge on any atom is -0.329 e. The highest BCUT2D eigenvalue weighted by Gasteiger charge is 2.33. The van der Waals surface area contributed by atoms with Gasteiger partial charge in [-0.3, -0.25) is 4.79 Å². The molecule has 0 aliphatic rings. The monoisotopic (exact) mass is 261 g/mol. The SMILES string of the molecule is CCC(CC)(CN)C(=O)Nc1ccnc2ccnn12. The van der Waals surface area contributed by atoms with Crippen molar-refractivity contribution in [3.63, 3.8) is 0 Å². The molecule has 0 aliphatic heterocycles. The number of carbonyl (C=O) groups is 1. The molecular formula is C13H19N5O. The molecule has 19 heavy (non-hydrogen) atoms. The summed E-state index contributed by atoms with van der Waals surface area (Å²) in [6.45, 7) is 4.29. The van der Waals surface area contributed by atoms with Crippen LogP contribution in [0.1, 0.15) is 26.7 Å². The Morgan fingerprint density at radius 1 is 1.37 bits per heavy atom. The van der Waals surface area contributed by atoms with Gasteiger partial charge in [0, 0.05) is 18.8 Å². The molecule has 0 unspecified atom stereocenters. The molecular weight excluding hydrogens is 242 g/mol. The number of carbonyl (C=O) groups excluding carboxylic acids is 1. The number of amides is 1. The van der Waals surface area contributed by atoms with Gasteiger partial charge in [-0.15, -0.1) is 0 Å². The number of aromatic nitrogens is 3. The number of nitrogens with two attached hydrogens (primary N) is 1. The molecule has 0 radical (unpaired) electrons. The van der Waals surface area contributed by atoms with Crippen molar-refractivity contribution in [2.75, 3.05) is 11.9 Å². The first-order valence-corrected chi connectivity index (χ1v) is 6.47. The van der Waals surface area contributed by atoms with E-state index in [9.17, 15) is 4.79 Å². The summed E-state index contributed by atoms with van der Waals surface area (Å²) >= 11 is 0. The predicted molar refractivity (Wildman–Crippen MR) is 73.7 cm³/mol. The Bertz CT molecular complexity index is 565. The molecule has 0 saturated carbocycles. The van der Waals surface area contributed by atoms with Crippen LogP contribution in [0.2, 0.25) is 0 Å². The van der Waals surface area contributed by atoms with Crippen LogP contribution in [0.5, 0.6) is 0 Å². The number of hydrogen-bond donors (Lipinski definition) is 2. The minimum absolute atomic E-state index is 0.0667. The van der Waals surface area contributed by atoms with Crippen LogP contribution in [-0.2, 0) is 4.79 Å². The summed E-state index contributed by atoms with van der Waals surface area (Å²) in [5, 5.41) is 7.05. The second kappa shape index (κ2) is 5.36. The predicted octanol–water partition coefficient (Wildman–Crippen LogP) is 1.43. The Kier molecular flexibility index (Phi) is 3.80.